The van der Waals surface area contributed by atoms with Gasteiger partial charge in [0.25, 0.3) is 0 Å². The maximum Gasteiger partial charge on any atom is 0.433 e. The Labute approximate surface area is 113 Å². The number of ether oxygens (including phenoxy) is 1. The summed E-state index contributed by atoms with van der Waals surface area (Å²) >= 11 is 0. The summed E-state index contributed by atoms with van der Waals surface area (Å²) < 4.78 is 42.7. The largest absolute Gasteiger partial charge is 0.465 e. The number of carbonyl (C=O) groups excluding carboxylic acids is 1. The molecule has 0 N–H and O–H groups in total. The fourth-order valence-electron chi connectivity index (χ4n) is 1.71. The molecule has 2 aromatic rings. The zero-order valence-electron chi connectivity index (χ0n) is 10.4. The maximum absolute atomic E-state index is 12.7. The number of rotatable bonds is 2. The second kappa shape index (κ2) is 5.32. The minimum absolute atomic E-state index is 0.00769. The maximum atomic E-state index is 12.7. The van der Waals surface area contributed by atoms with E-state index in [9.17, 15) is 18.0 Å². The zero-order valence-corrected chi connectivity index (χ0v) is 10.4. The number of carbonyl (C=O) groups is 1. The van der Waals surface area contributed by atoms with E-state index in [0.29, 0.717) is 5.56 Å². The molecule has 104 valence electrons. The second-order valence-corrected chi connectivity index (χ2v) is 3.95. The molecule has 2 rings (SSSR count). The Morgan fingerprint density at radius 3 is 2.30 bits per heavy atom. The molecule has 0 bridgehead atoms. The zero-order chi connectivity index (χ0) is 14.8. The minimum Gasteiger partial charge on any atom is -0.465 e. The highest BCUT2D eigenvalue weighted by Crippen LogP contribution is 2.31. The molecule has 1 aromatic carbocycles. The Morgan fingerprint density at radius 2 is 1.75 bits per heavy atom. The van der Waals surface area contributed by atoms with Crippen LogP contribution >= 0.6 is 0 Å². The molecule has 0 fully saturated rings. The highest BCUT2D eigenvalue weighted by atomic mass is 19.4. The molecular formula is C14H10F3NO2. The SMILES string of the molecule is COC(=O)c1ccc(C(F)(F)F)nc1-c1ccccc1. The lowest BCUT2D eigenvalue weighted by molar-refractivity contribution is -0.141. The minimum atomic E-state index is -4.57. The molecule has 0 aliphatic carbocycles. The van der Waals surface area contributed by atoms with Gasteiger partial charge >= 0.3 is 12.1 Å². The van der Waals surface area contributed by atoms with Crippen LogP contribution in [-0.4, -0.2) is 18.1 Å². The second-order valence-electron chi connectivity index (χ2n) is 3.95. The average molecular weight is 281 g/mol. The number of nitrogens with zero attached hydrogens (tertiary/aromatic N) is 1. The number of benzene rings is 1. The van der Waals surface area contributed by atoms with E-state index in [1.165, 1.54) is 0 Å². The van der Waals surface area contributed by atoms with E-state index in [1.54, 1.807) is 30.3 Å². The molecule has 0 radical (unpaired) electrons. The Hall–Kier alpha value is -2.37. The summed E-state index contributed by atoms with van der Waals surface area (Å²) in [5.74, 6) is -0.731. The van der Waals surface area contributed by atoms with Gasteiger partial charge in [0.2, 0.25) is 0 Å². The van der Waals surface area contributed by atoms with Gasteiger partial charge in [-0.2, -0.15) is 13.2 Å². The van der Waals surface area contributed by atoms with Crippen molar-refractivity contribution in [1.82, 2.24) is 4.98 Å². The number of esters is 1. The Bertz CT molecular complexity index is 624. The molecule has 1 aromatic heterocycles. The number of hydrogen-bond donors (Lipinski definition) is 0. The van der Waals surface area contributed by atoms with E-state index in [1.807, 2.05) is 0 Å². The van der Waals surface area contributed by atoms with Crippen molar-refractivity contribution in [2.45, 2.75) is 6.18 Å². The van der Waals surface area contributed by atoms with Gasteiger partial charge in [-0.25, -0.2) is 9.78 Å². The van der Waals surface area contributed by atoms with Gasteiger partial charge in [0.05, 0.1) is 18.4 Å². The van der Waals surface area contributed by atoms with E-state index >= 15 is 0 Å². The van der Waals surface area contributed by atoms with Gasteiger partial charge in [-0.3, -0.25) is 0 Å². The van der Waals surface area contributed by atoms with Gasteiger partial charge in [-0.1, -0.05) is 30.3 Å². The summed E-state index contributed by atoms with van der Waals surface area (Å²) in [6.45, 7) is 0. The predicted octanol–water partition coefficient (Wildman–Crippen LogP) is 3.55. The van der Waals surface area contributed by atoms with Gasteiger partial charge in [-0.05, 0) is 12.1 Å². The number of halogens is 3. The highest BCUT2D eigenvalue weighted by molar-refractivity contribution is 5.96. The van der Waals surface area contributed by atoms with Crippen LogP contribution in [0.4, 0.5) is 13.2 Å². The van der Waals surface area contributed by atoms with Crippen LogP contribution in [0.15, 0.2) is 42.5 Å². The molecule has 0 aliphatic rings. The molecule has 0 saturated heterocycles. The van der Waals surface area contributed by atoms with Crippen LogP contribution in [-0.2, 0) is 10.9 Å². The molecule has 1 heterocycles. The lowest BCUT2D eigenvalue weighted by atomic mass is 10.1. The summed E-state index contributed by atoms with van der Waals surface area (Å²) in [5, 5.41) is 0. The lowest BCUT2D eigenvalue weighted by Gasteiger charge is -2.11. The van der Waals surface area contributed by atoms with Crippen molar-refractivity contribution >= 4 is 5.97 Å². The van der Waals surface area contributed by atoms with E-state index in [2.05, 4.69) is 9.72 Å². The summed E-state index contributed by atoms with van der Waals surface area (Å²) in [5.41, 5.74) is -0.693. The van der Waals surface area contributed by atoms with Crippen molar-refractivity contribution in [1.29, 1.82) is 0 Å². The lowest BCUT2D eigenvalue weighted by Crippen LogP contribution is -2.12. The van der Waals surface area contributed by atoms with Gasteiger partial charge in [0.1, 0.15) is 5.69 Å². The fraction of sp³-hybridized carbons (Fsp3) is 0.143. The predicted molar refractivity (Wildman–Crippen MR) is 66.0 cm³/mol. The van der Waals surface area contributed by atoms with Gasteiger partial charge in [0.15, 0.2) is 0 Å². The number of pyridine rings is 1. The molecule has 6 heteroatoms. The van der Waals surface area contributed by atoms with Gasteiger partial charge in [0, 0.05) is 5.56 Å². The highest BCUT2D eigenvalue weighted by Gasteiger charge is 2.33. The number of alkyl halides is 3. The van der Waals surface area contributed by atoms with Gasteiger partial charge in [-0.15, -0.1) is 0 Å². The summed E-state index contributed by atoms with van der Waals surface area (Å²) in [6, 6.07) is 10.0. The van der Waals surface area contributed by atoms with Crippen LogP contribution in [0.2, 0.25) is 0 Å². The van der Waals surface area contributed by atoms with Crippen molar-refractivity contribution in [2.75, 3.05) is 7.11 Å². The van der Waals surface area contributed by atoms with Gasteiger partial charge < -0.3 is 4.74 Å². The van der Waals surface area contributed by atoms with Crippen LogP contribution in [0.1, 0.15) is 16.1 Å². The van der Waals surface area contributed by atoms with E-state index in [4.69, 9.17) is 0 Å². The number of methoxy groups -OCH3 is 1. The van der Waals surface area contributed by atoms with Crippen molar-refractivity contribution in [2.24, 2.45) is 0 Å². The first-order chi connectivity index (χ1) is 9.43. The summed E-state index contributed by atoms with van der Waals surface area (Å²) in [6.07, 6.45) is -4.57. The van der Waals surface area contributed by atoms with Crippen LogP contribution in [0.5, 0.6) is 0 Å². The van der Waals surface area contributed by atoms with E-state index in [0.717, 1.165) is 19.2 Å². The van der Waals surface area contributed by atoms with E-state index < -0.39 is 17.8 Å². The van der Waals surface area contributed by atoms with Crippen molar-refractivity contribution in [3.05, 3.63) is 53.7 Å². The molecule has 0 saturated carbocycles. The van der Waals surface area contributed by atoms with Crippen LogP contribution in [0.3, 0.4) is 0 Å². The standard InChI is InChI=1S/C14H10F3NO2/c1-20-13(19)10-7-8-11(14(15,16)17)18-12(10)9-5-3-2-4-6-9/h2-8H,1H3. The third-order valence-electron chi connectivity index (χ3n) is 2.64. The van der Waals surface area contributed by atoms with Crippen LogP contribution in [0.25, 0.3) is 11.3 Å². The smallest absolute Gasteiger partial charge is 0.433 e. The first kappa shape index (κ1) is 14.0. The first-order valence-corrected chi connectivity index (χ1v) is 5.65. The first-order valence-electron chi connectivity index (χ1n) is 5.65. The third kappa shape index (κ3) is 2.79. The average Bonchev–Trinajstić information content (AvgIpc) is 2.46. The Balaban J connectivity index is 2.64. The summed E-state index contributed by atoms with van der Waals surface area (Å²) in [7, 11) is 1.16. The van der Waals surface area contributed by atoms with Crippen molar-refractivity contribution in [3.63, 3.8) is 0 Å². The van der Waals surface area contributed by atoms with Crippen LogP contribution in [0, 0.1) is 0 Å². The van der Waals surface area contributed by atoms with Crippen molar-refractivity contribution in [3.8, 4) is 11.3 Å². The fourth-order valence-corrected chi connectivity index (χ4v) is 1.71. The number of aromatic nitrogens is 1. The molecule has 0 amide bonds. The normalized spacial score (nSPS) is 11.2. The Kier molecular flexibility index (Phi) is 3.74. The Morgan fingerprint density at radius 1 is 1.10 bits per heavy atom. The topological polar surface area (TPSA) is 39.2 Å². The quantitative estimate of drug-likeness (QED) is 0.790. The molecule has 0 atom stereocenters. The van der Waals surface area contributed by atoms with E-state index in [-0.39, 0.29) is 11.3 Å². The molecule has 0 unspecified atom stereocenters. The molecule has 3 nitrogen and oxygen atoms in total. The monoisotopic (exact) mass is 281 g/mol. The molecular weight excluding hydrogens is 271 g/mol. The summed E-state index contributed by atoms with van der Waals surface area (Å²) in [4.78, 5) is 15.2. The number of hydrogen-bond acceptors (Lipinski definition) is 3. The van der Waals surface area contributed by atoms with Crippen molar-refractivity contribution < 1.29 is 22.7 Å². The third-order valence-corrected chi connectivity index (χ3v) is 2.64. The molecule has 0 spiro atoms. The molecule has 0 aliphatic heterocycles. The van der Waals surface area contributed by atoms with Crippen LogP contribution < -0.4 is 0 Å². The molecule has 20 heavy (non-hydrogen) atoms.